The normalized spacial score (nSPS) is 13.1. The number of benzene rings is 3. The molecule has 4 heteroatoms. The zero-order valence-electron chi connectivity index (χ0n) is 14.6. The van der Waals surface area contributed by atoms with Crippen molar-refractivity contribution in [3.05, 3.63) is 91.3 Å². The van der Waals surface area contributed by atoms with Crippen molar-refractivity contribution in [3.8, 4) is 23.0 Å². The van der Waals surface area contributed by atoms with Gasteiger partial charge >= 0.3 is 0 Å². The Bertz CT molecular complexity index is 909. The van der Waals surface area contributed by atoms with Crippen molar-refractivity contribution in [1.29, 1.82) is 0 Å². The Labute approximate surface area is 153 Å². The average molecular weight is 344 g/mol. The minimum Gasteiger partial charge on any atom is -0.457 e. The van der Waals surface area contributed by atoms with Crippen molar-refractivity contribution in [2.75, 3.05) is 18.6 Å². The summed E-state index contributed by atoms with van der Waals surface area (Å²) in [6, 6.07) is 25.4. The Hall–Kier alpha value is -3.40. The summed E-state index contributed by atoms with van der Waals surface area (Å²) in [5.41, 5.74) is 1.10. The van der Waals surface area contributed by atoms with Crippen LogP contribution in [0.5, 0.6) is 23.0 Å². The van der Waals surface area contributed by atoms with Crippen LogP contribution in [0.15, 0.2) is 91.3 Å². The molecule has 26 heavy (non-hydrogen) atoms. The van der Waals surface area contributed by atoms with Crippen LogP contribution in [0.3, 0.4) is 0 Å². The molecule has 0 bridgehead atoms. The highest BCUT2D eigenvalue weighted by Crippen LogP contribution is 2.30. The van der Waals surface area contributed by atoms with E-state index in [1.54, 1.807) is 0 Å². The molecule has 3 aromatic carbocycles. The SMILES string of the molecule is CN1C=CN(c2cccc(Oc3cccc(Oc4ccccc4)c3)c2)C1. The molecular formula is C22H20N2O2. The lowest BCUT2D eigenvalue weighted by Crippen LogP contribution is -2.21. The largest absolute Gasteiger partial charge is 0.457 e. The van der Waals surface area contributed by atoms with E-state index in [-0.39, 0.29) is 0 Å². The first-order chi connectivity index (χ1) is 12.8. The molecule has 0 fully saturated rings. The lowest BCUT2D eigenvalue weighted by Gasteiger charge is -2.19. The molecule has 0 N–H and O–H groups in total. The molecule has 1 aliphatic heterocycles. The van der Waals surface area contributed by atoms with Crippen molar-refractivity contribution in [3.63, 3.8) is 0 Å². The van der Waals surface area contributed by atoms with Gasteiger partial charge in [0.05, 0.1) is 6.67 Å². The number of anilines is 1. The number of hydrogen-bond donors (Lipinski definition) is 0. The summed E-state index contributed by atoms with van der Waals surface area (Å²) < 4.78 is 11.9. The molecule has 0 unspecified atom stereocenters. The van der Waals surface area contributed by atoms with Crippen LogP contribution in [0.25, 0.3) is 0 Å². The topological polar surface area (TPSA) is 24.9 Å². The number of rotatable bonds is 5. The molecule has 130 valence electrons. The average Bonchev–Trinajstić information content (AvgIpc) is 3.10. The molecule has 0 atom stereocenters. The number of nitrogens with zero attached hydrogens (tertiary/aromatic N) is 2. The van der Waals surface area contributed by atoms with Gasteiger partial charge in [-0.3, -0.25) is 0 Å². The van der Waals surface area contributed by atoms with E-state index in [0.29, 0.717) is 0 Å². The number of para-hydroxylation sites is 1. The van der Waals surface area contributed by atoms with Gasteiger partial charge < -0.3 is 19.3 Å². The number of hydrogen-bond acceptors (Lipinski definition) is 4. The zero-order chi connectivity index (χ0) is 17.8. The van der Waals surface area contributed by atoms with E-state index in [1.165, 1.54) is 0 Å². The summed E-state index contributed by atoms with van der Waals surface area (Å²) in [5, 5.41) is 0. The maximum atomic E-state index is 6.04. The minimum atomic E-state index is 0.740. The van der Waals surface area contributed by atoms with E-state index in [0.717, 1.165) is 35.4 Å². The highest BCUT2D eigenvalue weighted by atomic mass is 16.5. The fourth-order valence-electron chi connectivity index (χ4n) is 2.78. The monoisotopic (exact) mass is 344 g/mol. The molecule has 0 amide bonds. The third kappa shape index (κ3) is 3.81. The molecule has 0 spiro atoms. The van der Waals surface area contributed by atoms with Crippen molar-refractivity contribution >= 4 is 5.69 Å². The minimum absolute atomic E-state index is 0.740. The predicted molar refractivity (Wildman–Crippen MR) is 104 cm³/mol. The maximum absolute atomic E-state index is 6.04. The van der Waals surface area contributed by atoms with Crippen LogP contribution in [0.4, 0.5) is 5.69 Å². The van der Waals surface area contributed by atoms with Crippen LogP contribution in [0.1, 0.15) is 0 Å². The van der Waals surface area contributed by atoms with Gasteiger partial charge in [0.1, 0.15) is 23.0 Å². The van der Waals surface area contributed by atoms with Gasteiger partial charge in [0, 0.05) is 37.3 Å². The van der Waals surface area contributed by atoms with E-state index in [4.69, 9.17) is 9.47 Å². The second kappa shape index (κ2) is 7.23. The van der Waals surface area contributed by atoms with Gasteiger partial charge in [-0.25, -0.2) is 0 Å². The summed E-state index contributed by atoms with van der Waals surface area (Å²) in [6.45, 7) is 0.837. The van der Waals surface area contributed by atoms with E-state index >= 15 is 0 Å². The van der Waals surface area contributed by atoms with Gasteiger partial charge in [0.15, 0.2) is 0 Å². The van der Waals surface area contributed by atoms with Gasteiger partial charge in [0.25, 0.3) is 0 Å². The smallest absolute Gasteiger partial charge is 0.131 e. The van der Waals surface area contributed by atoms with Gasteiger partial charge in [-0.1, -0.05) is 30.3 Å². The molecule has 0 aromatic heterocycles. The first kappa shape index (κ1) is 16.1. The molecule has 0 aliphatic carbocycles. The molecule has 4 nitrogen and oxygen atoms in total. The Kier molecular flexibility index (Phi) is 4.48. The molecule has 1 heterocycles. The first-order valence-electron chi connectivity index (χ1n) is 8.52. The molecule has 3 aromatic rings. The Balaban J connectivity index is 1.49. The fourth-order valence-corrected chi connectivity index (χ4v) is 2.78. The third-order valence-corrected chi connectivity index (χ3v) is 4.05. The predicted octanol–water partition coefficient (Wildman–Crippen LogP) is 5.45. The number of ether oxygens (including phenoxy) is 2. The summed E-state index contributed by atoms with van der Waals surface area (Å²) in [7, 11) is 2.05. The second-order valence-electron chi connectivity index (χ2n) is 6.16. The van der Waals surface area contributed by atoms with Gasteiger partial charge in [0.2, 0.25) is 0 Å². The van der Waals surface area contributed by atoms with Crippen molar-refractivity contribution in [1.82, 2.24) is 4.90 Å². The van der Waals surface area contributed by atoms with Crippen LogP contribution >= 0.6 is 0 Å². The van der Waals surface area contributed by atoms with E-state index in [1.807, 2.05) is 72.8 Å². The van der Waals surface area contributed by atoms with Crippen LogP contribution in [-0.4, -0.2) is 18.6 Å². The highest BCUT2D eigenvalue weighted by Gasteiger charge is 2.11. The standard InChI is InChI=1S/C22H20N2O2/c1-23-13-14-24(17-23)18-7-5-10-20(15-18)26-22-12-6-11-21(16-22)25-19-8-3-2-4-9-19/h2-16H,17H2,1H3. The van der Waals surface area contributed by atoms with E-state index in [9.17, 15) is 0 Å². The summed E-state index contributed by atoms with van der Waals surface area (Å²) >= 11 is 0. The maximum Gasteiger partial charge on any atom is 0.131 e. The Morgan fingerprint density at radius 3 is 1.96 bits per heavy atom. The molecule has 4 rings (SSSR count). The molecule has 1 aliphatic rings. The highest BCUT2D eigenvalue weighted by molar-refractivity contribution is 5.54. The Morgan fingerprint density at radius 1 is 0.654 bits per heavy atom. The van der Waals surface area contributed by atoms with Crippen molar-refractivity contribution < 1.29 is 9.47 Å². The van der Waals surface area contributed by atoms with Crippen molar-refractivity contribution in [2.24, 2.45) is 0 Å². The van der Waals surface area contributed by atoms with E-state index in [2.05, 4.69) is 35.3 Å². The first-order valence-corrected chi connectivity index (χ1v) is 8.52. The van der Waals surface area contributed by atoms with Crippen molar-refractivity contribution in [2.45, 2.75) is 0 Å². The fraction of sp³-hybridized carbons (Fsp3) is 0.0909. The van der Waals surface area contributed by atoms with Gasteiger partial charge in [-0.2, -0.15) is 0 Å². The second-order valence-corrected chi connectivity index (χ2v) is 6.16. The molecule has 0 saturated carbocycles. The zero-order valence-corrected chi connectivity index (χ0v) is 14.6. The van der Waals surface area contributed by atoms with Gasteiger partial charge in [-0.15, -0.1) is 0 Å². The quantitative estimate of drug-likeness (QED) is 0.614. The van der Waals surface area contributed by atoms with Crippen LogP contribution in [-0.2, 0) is 0 Å². The Morgan fingerprint density at radius 2 is 1.27 bits per heavy atom. The third-order valence-electron chi connectivity index (χ3n) is 4.05. The van der Waals surface area contributed by atoms with Crippen LogP contribution in [0.2, 0.25) is 0 Å². The summed E-state index contributed by atoms with van der Waals surface area (Å²) in [6.07, 6.45) is 4.12. The molecule has 0 saturated heterocycles. The molecule has 0 radical (unpaired) electrons. The summed E-state index contributed by atoms with van der Waals surface area (Å²) in [4.78, 5) is 4.29. The lowest BCUT2D eigenvalue weighted by molar-refractivity contribution is 0.460. The van der Waals surface area contributed by atoms with E-state index < -0.39 is 0 Å². The molecular weight excluding hydrogens is 324 g/mol. The lowest BCUT2D eigenvalue weighted by atomic mass is 10.2. The summed E-state index contributed by atoms with van der Waals surface area (Å²) in [5.74, 6) is 3.08. The van der Waals surface area contributed by atoms with Crippen LogP contribution < -0.4 is 14.4 Å². The van der Waals surface area contributed by atoms with Gasteiger partial charge in [-0.05, 0) is 36.4 Å². The van der Waals surface area contributed by atoms with Crippen LogP contribution in [0, 0.1) is 0 Å².